The van der Waals surface area contributed by atoms with Crippen LogP contribution in [0.3, 0.4) is 0 Å². The van der Waals surface area contributed by atoms with Crippen molar-refractivity contribution in [3.63, 3.8) is 0 Å². The van der Waals surface area contributed by atoms with E-state index in [2.05, 4.69) is 10.3 Å². The summed E-state index contributed by atoms with van der Waals surface area (Å²) in [4.78, 5) is 6.00. The van der Waals surface area contributed by atoms with Gasteiger partial charge in [0.2, 0.25) is 5.75 Å². The second-order valence-electron chi connectivity index (χ2n) is 7.04. The van der Waals surface area contributed by atoms with Gasteiger partial charge in [-0.3, -0.25) is 0 Å². The highest BCUT2D eigenvalue weighted by atomic mass is 19.4. The Labute approximate surface area is 173 Å². The number of nitrogens with zero attached hydrogens (tertiary/aromatic N) is 2. The number of benzene rings is 1. The van der Waals surface area contributed by atoms with Gasteiger partial charge in [-0.2, -0.15) is 13.2 Å². The highest BCUT2D eigenvalue weighted by Gasteiger charge is 2.31. The fourth-order valence-electron chi connectivity index (χ4n) is 3.61. The molecule has 1 N–H and O–H groups in total. The Bertz CT molecular complexity index is 836. The van der Waals surface area contributed by atoms with Gasteiger partial charge in [0.25, 0.3) is 0 Å². The number of anilines is 1. The van der Waals surface area contributed by atoms with Crippen LogP contribution in [0.25, 0.3) is 0 Å². The summed E-state index contributed by atoms with van der Waals surface area (Å²) >= 11 is 0. The SMILES string of the molecule is COc1ccc(CNC2CCN(c3ccc(C(F)(F)F)cn3)CC2)c(OC)c1OC. The average molecular weight is 425 g/mol. The van der Waals surface area contributed by atoms with E-state index >= 15 is 0 Å². The first kappa shape index (κ1) is 22.0. The molecule has 1 aromatic carbocycles. The van der Waals surface area contributed by atoms with E-state index in [4.69, 9.17) is 14.2 Å². The number of halogens is 3. The van der Waals surface area contributed by atoms with Gasteiger partial charge in [-0.1, -0.05) is 6.07 Å². The minimum absolute atomic E-state index is 0.286. The largest absolute Gasteiger partial charge is 0.493 e. The molecule has 30 heavy (non-hydrogen) atoms. The first-order valence-corrected chi connectivity index (χ1v) is 9.66. The van der Waals surface area contributed by atoms with Crippen molar-refractivity contribution in [3.8, 4) is 17.2 Å². The number of pyridine rings is 1. The van der Waals surface area contributed by atoms with Crippen molar-refractivity contribution >= 4 is 5.82 Å². The molecule has 164 valence electrons. The highest BCUT2D eigenvalue weighted by Crippen LogP contribution is 2.39. The molecule has 1 fully saturated rings. The number of piperidine rings is 1. The van der Waals surface area contributed by atoms with Gasteiger partial charge in [-0.05, 0) is 31.0 Å². The van der Waals surface area contributed by atoms with Crippen molar-refractivity contribution < 1.29 is 27.4 Å². The smallest absolute Gasteiger partial charge is 0.417 e. The molecule has 9 heteroatoms. The van der Waals surface area contributed by atoms with Crippen molar-refractivity contribution in [2.75, 3.05) is 39.3 Å². The van der Waals surface area contributed by atoms with Gasteiger partial charge in [0.1, 0.15) is 5.82 Å². The monoisotopic (exact) mass is 425 g/mol. The van der Waals surface area contributed by atoms with Crippen LogP contribution < -0.4 is 24.4 Å². The van der Waals surface area contributed by atoms with E-state index < -0.39 is 11.7 Å². The Morgan fingerprint density at radius 1 is 1.00 bits per heavy atom. The number of alkyl halides is 3. The summed E-state index contributed by atoms with van der Waals surface area (Å²) in [6, 6.07) is 6.58. The summed E-state index contributed by atoms with van der Waals surface area (Å²) in [6.07, 6.45) is -1.76. The van der Waals surface area contributed by atoms with Crippen LogP contribution in [-0.2, 0) is 12.7 Å². The van der Waals surface area contributed by atoms with Crippen molar-refractivity contribution in [2.24, 2.45) is 0 Å². The number of aromatic nitrogens is 1. The zero-order valence-electron chi connectivity index (χ0n) is 17.3. The van der Waals surface area contributed by atoms with Gasteiger partial charge in [-0.25, -0.2) is 4.98 Å². The lowest BCUT2D eigenvalue weighted by molar-refractivity contribution is -0.137. The Morgan fingerprint density at radius 2 is 1.70 bits per heavy atom. The van der Waals surface area contributed by atoms with Gasteiger partial charge in [-0.15, -0.1) is 0 Å². The third kappa shape index (κ3) is 4.89. The predicted octanol–water partition coefficient (Wildman–Crippen LogP) is 3.88. The molecule has 6 nitrogen and oxygen atoms in total. The Hall–Kier alpha value is -2.68. The van der Waals surface area contributed by atoms with E-state index in [9.17, 15) is 13.2 Å². The molecule has 0 radical (unpaired) electrons. The fourth-order valence-corrected chi connectivity index (χ4v) is 3.61. The Balaban J connectivity index is 1.57. The molecule has 0 bridgehead atoms. The van der Waals surface area contributed by atoms with Gasteiger partial charge in [0.15, 0.2) is 11.5 Å². The maximum absolute atomic E-state index is 12.7. The van der Waals surface area contributed by atoms with E-state index in [0.717, 1.165) is 43.8 Å². The van der Waals surface area contributed by atoms with Crippen LogP contribution in [-0.4, -0.2) is 45.4 Å². The third-order valence-corrected chi connectivity index (χ3v) is 5.26. The molecule has 0 amide bonds. The quantitative estimate of drug-likeness (QED) is 0.727. The van der Waals surface area contributed by atoms with Crippen LogP contribution in [0.1, 0.15) is 24.0 Å². The van der Waals surface area contributed by atoms with Crippen LogP contribution in [0.15, 0.2) is 30.5 Å². The van der Waals surface area contributed by atoms with Crippen molar-refractivity contribution in [2.45, 2.75) is 31.6 Å². The summed E-state index contributed by atoms with van der Waals surface area (Å²) in [7, 11) is 4.74. The molecule has 0 atom stereocenters. The summed E-state index contributed by atoms with van der Waals surface area (Å²) in [6.45, 7) is 2.05. The van der Waals surface area contributed by atoms with Crippen LogP contribution in [0.2, 0.25) is 0 Å². The molecule has 2 aromatic rings. The first-order chi connectivity index (χ1) is 14.4. The topological polar surface area (TPSA) is 55.9 Å². The maximum atomic E-state index is 12.7. The van der Waals surface area contributed by atoms with E-state index in [1.807, 2.05) is 17.0 Å². The third-order valence-electron chi connectivity index (χ3n) is 5.26. The summed E-state index contributed by atoms with van der Waals surface area (Å²) in [5.41, 5.74) is 0.230. The van der Waals surface area contributed by atoms with Gasteiger partial charge >= 0.3 is 6.18 Å². The second-order valence-corrected chi connectivity index (χ2v) is 7.04. The minimum atomic E-state index is -4.37. The van der Waals surface area contributed by atoms with E-state index in [1.54, 1.807) is 21.3 Å². The number of nitrogens with one attached hydrogen (secondary N) is 1. The summed E-state index contributed by atoms with van der Waals surface area (Å²) in [5.74, 6) is 2.37. The Morgan fingerprint density at radius 3 is 2.23 bits per heavy atom. The van der Waals surface area contributed by atoms with Crippen LogP contribution in [0, 0.1) is 0 Å². The fraction of sp³-hybridized carbons (Fsp3) is 0.476. The number of hydrogen-bond acceptors (Lipinski definition) is 6. The molecule has 3 rings (SSSR count). The number of rotatable bonds is 7. The normalized spacial score (nSPS) is 15.2. The molecule has 0 unspecified atom stereocenters. The lowest BCUT2D eigenvalue weighted by Crippen LogP contribution is -2.42. The van der Waals surface area contributed by atoms with Crippen molar-refractivity contribution in [3.05, 3.63) is 41.6 Å². The Kier molecular flexibility index (Phi) is 6.91. The van der Waals surface area contributed by atoms with Gasteiger partial charge in [0.05, 0.1) is 26.9 Å². The van der Waals surface area contributed by atoms with E-state index in [-0.39, 0.29) is 6.04 Å². The summed E-state index contributed by atoms with van der Waals surface area (Å²) in [5, 5.41) is 3.53. The molecular weight excluding hydrogens is 399 g/mol. The van der Waals surface area contributed by atoms with E-state index in [1.165, 1.54) is 6.07 Å². The number of hydrogen-bond donors (Lipinski definition) is 1. The lowest BCUT2D eigenvalue weighted by atomic mass is 10.0. The molecule has 1 aromatic heterocycles. The van der Waals surface area contributed by atoms with Crippen LogP contribution >= 0.6 is 0 Å². The number of ether oxygens (including phenoxy) is 3. The first-order valence-electron chi connectivity index (χ1n) is 9.66. The lowest BCUT2D eigenvalue weighted by Gasteiger charge is -2.33. The van der Waals surface area contributed by atoms with Crippen molar-refractivity contribution in [1.29, 1.82) is 0 Å². The zero-order chi connectivity index (χ0) is 21.7. The average Bonchev–Trinajstić information content (AvgIpc) is 2.76. The molecule has 0 saturated carbocycles. The van der Waals surface area contributed by atoms with Crippen LogP contribution in [0.4, 0.5) is 19.0 Å². The standard InChI is InChI=1S/C21H26F3N3O3/c1-28-17-6-4-14(19(29-2)20(17)30-3)12-25-16-8-10-27(11-9-16)18-7-5-15(13-26-18)21(22,23)24/h4-7,13,16,25H,8-12H2,1-3H3. The van der Waals surface area contributed by atoms with Gasteiger partial charge in [0, 0.05) is 37.4 Å². The molecule has 0 spiro atoms. The molecule has 1 aliphatic rings. The summed E-state index contributed by atoms with van der Waals surface area (Å²) < 4.78 is 54.3. The van der Waals surface area contributed by atoms with E-state index in [0.29, 0.717) is 29.6 Å². The predicted molar refractivity (Wildman–Crippen MR) is 107 cm³/mol. The molecule has 0 aliphatic carbocycles. The van der Waals surface area contributed by atoms with Crippen LogP contribution in [0.5, 0.6) is 17.2 Å². The maximum Gasteiger partial charge on any atom is 0.417 e. The molecular formula is C21H26F3N3O3. The highest BCUT2D eigenvalue weighted by molar-refractivity contribution is 5.55. The van der Waals surface area contributed by atoms with Crippen molar-refractivity contribution in [1.82, 2.24) is 10.3 Å². The molecule has 2 heterocycles. The minimum Gasteiger partial charge on any atom is -0.493 e. The number of methoxy groups -OCH3 is 3. The molecule has 1 aliphatic heterocycles. The van der Waals surface area contributed by atoms with Gasteiger partial charge < -0.3 is 24.4 Å². The molecule has 1 saturated heterocycles. The zero-order valence-corrected chi connectivity index (χ0v) is 17.3. The second kappa shape index (κ2) is 9.42.